The molecule has 8 heavy (non-hydrogen) atoms. The van der Waals surface area contributed by atoms with Crippen molar-refractivity contribution in [2.75, 3.05) is 0 Å². The van der Waals surface area contributed by atoms with Gasteiger partial charge in [0.15, 0.2) is 0 Å². The van der Waals surface area contributed by atoms with E-state index in [2.05, 4.69) is 12.2 Å². The van der Waals surface area contributed by atoms with E-state index in [1.54, 1.807) is 0 Å². The standard InChI is InChI=1S/C6H14N2/c1-4-3-6(8-4)5(2)7/h4-6,8H,3,7H2,1-2H3. The normalized spacial score (nSPS) is 40.9. The first kappa shape index (κ1) is 6.05. The summed E-state index contributed by atoms with van der Waals surface area (Å²) >= 11 is 0. The fraction of sp³-hybridized carbons (Fsp3) is 1.00. The predicted octanol–water partition coefficient (Wildman–Crippen LogP) is 0.0840. The highest BCUT2D eigenvalue weighted by atomic mass is 15.1. The molecule has 1 fully saturated rings. The molecule has 0 radical (unpaired) electrons. The summed E-state index contributed by atoms with van der Waals surface area (Å²) in [7, 11) is 0. The number of rotatable bonds is 1. The molecule has 0 spiro atoms. The van der Waals surface area contributed by atoms with Crippen molar-refractivity contribution in [3.63, 3.8) is 0 Å². The molecule has 2 nitrogen and oxygen atoms in total. The second kappa shape index (κ2) is 2.03. The first-order chi connectivity index (χ1) is 3.70. The van der Waals surface area contributed by atoms with Gasteiger partial charge in [-0.05, 0) is 20.3 Å². The summed E-state index contributed by atoms with van der Waals surface area (Å²) < 4.78 is 0. The second-order valence-corrected chi connectivity index (χ2v) is 2.77. The van der Waals surface area contributed by atoms with Gasteiger partial charge in [-0.15, -0.1) is 0 Å². The van der Waals surface area contributed by atoms with Gasteiger partial charge in [0, 0.05) is 18.1 Å². The summed E-state index contributed by atoms with van der Waals surface area (Å²) in [5.74, 6) is 0. The fourth-order valence-corrected chi connectivity index (χ4v) is 1.09. The van der Waals surface area contributed by atoms with Crippen molar-refractivity contribution in [1.82, 2.24) is 5.32 Å². The first-order valence-electron chi connectivity index (χ1n) is 3.22. The van der Waals surface area contributed by atoms with E-state index in [9.17, 15) is 0 Å². The van der Waals surface area contributed by atoms with Gasteiger partial charge in [0.1, 0.15) is 0 Å². The SMILES string of the molecule is CC1CC(C(C)N)N1. The monoisotopic (exact) mass is 114 g/mol. The average molecular weight is 114 g/mol. The Morgan fingerprint density at radius 1 is 1.75 bits per heavy atom. The summed E-state index contributed by atoms with van der Waals surface area (Å²) in [5, 5.41) is 3.32. The molecular weight excluding hydrogens is 100 g/mol. The van der Waals surface area contributed by atoms with E-state index < -0.39 is 0 Å². The summed E-state index contributed by atoms with van der Waals surface area (Å²) in [6, 6.07) is 1.61. The molecule has 1 aliphatic heterocycles. The third kappa shape index (κ3) is 1.01. The van der Waals surface area contributed by atoms with Gasteiger partial charge < -0.3 is 11.1 Å². The van der Waals surface area contributed by atoms with Crippen LogP contribution in [0.2, 0.25) is 0 Å². The van der Waals surface area contributed by atoms with Crippen molar-refractivity contribution >= 4 is 0 Å². The van der Waals surface area contributed by atoms with E-state index in [1.165, 1.54) is 6.42 Å². The summed E-state index contributed by atoms with van der Waals surface area (Å²) in [6.07, 6.45) is 1.25. The van der Waals surface area contributed by atoms with Crippen LogP contribution >= 0.6 is 0 Å². The summed E-state index contributed by atoms with van der Waals surface area (Å²) in [4.78, 5) is 0. The highest BCUT2D eigenvalue weighted by Crippen LogP contribution is 2.12. The maximum absolute atomic E-state index is 5.60. The van der Waals surface area contributed by atoms with Gasteiger partial charge >= 0.3 is 0 Å². The molecule has 0 aliphatic carbocycles. The zero-order chi connectivity index (χ0) is 6.15. The Morgan fingerprint density at radius 2 is 2.25 bits per heavy atom. The number of nitrogens with two attached hydrogens (primary N) is 1. The third-order valence-corrected chi connectivity index (χ3v) is 1.74. The molecule has 1 heterocycles. The van der Waals surface area contributed by atoms with E-state index in [1.807, 2.05) is 6.92 Å². The Labute approximate surface area is 50.4 Å². The molecule has 0 amide bonds. The Bertz CT molecular complexity index is 74.6. The smallest absolute Gasteiger partial charge is 0.0233 e. The molecule has 0 saturated carbocycles. The van der Waals surface area contributed by atoms with Crippen LogP contribution in [0, 0.1) is 0 Å². The molecule has 2 heteroatoms. The van der Waals surface area contributed by atoms with Gasteiger partial charge in [-0.2, -0.15) is 0 Å². The van der Waals surface area contributed by atoms with Gasteiger partial charge in [-0.25, -0.2) is 0 Å². The topological polar surface area (TPSA) is 38.0 Å². The molecular formula is C6H14N2. The Kier molecular flexibility index (Phi) is 1.54. The molecule has 0 aromatic carbocycles. The van der Waals surface area contributed by atoms with Crippen molar-refractivity contribution in [1.29, 1.82) is 0 Å². The highest BCUT2D eigenvalue weighted by Gasteiger charge is 2.26. The van der Waals surface area contributed by atoms with Crippen LogP contribution in [-0.4, -0.2) is 18.1 Å². The Balaban J connectivity index is 2.15. The summed E-state index contributed by atoms with van der Waals surface area (Å²) in [6.45, 7) is 4.22. The maximum Gasteiger partial charge on any atom is 0.0233 e. The van der Waals surface area contributed by atoms with Crippen molar-refractivity contribution in [3.05, 3.63) is 0 Å². The van der Waals surface area contributed by atoms with Gasteiger partial charge in [-0.1, -0.05) is 0 Å². The molecule has 1 aliphatic rings. The minimum absolute atomic E-state index is 0.325. The number of nitrogens with one attached hydrogen (secondary N) is 1. The maximum atomic E-state index is 5.60. The molecule has 0 aromatic heterocycles. The highest BCUT2D eigenvalue weighted by molar-refractivity contribution is 4.90. The van der Waals surface area contributed by atoms with Crippen LogP contribution in [0.25, 0.3) is 0 Å². The summed E-state index contributed by atoms with van der Waals surface area (Å²) in [5.41, 5.74) is 5.60. The molecule has 0 bridgehead atoms. The van der Waals surface area contributed by atoms with Crippen LogP contribution in [0.1, 0.15) is 20.3 Å². The van der Waals surface area contributed by atoms with Crippen LogP contribution < -0.4 is 11.1 Å². The van der Waals surface area contributed by atoms with E-state index in [-0.39, 0.29) is 0 Å². The molecule has 1 saturated heterocycles. The van der Waals surface area contributed by atoms with E-state index in [0.717, 1.165) is 0 Å². The zero-order valence-corrected chi connectivity index (χ0v) is 5.52. The van der Waals surface area contributed by atoms with Crippen LogP contribution in [-0.2, 0) is 0 Å². The predicted molar refractivity (Wildman–Crippen MR) is 34.7 cm³/mol. The van der Waals surface area contributed by atoms with E-state index in [4.69, 9.17) is 5.73 Å². The lowest BCUT2D eigenvalue weighted by Gasteiger charge is -2.37. The van der Waals surface area contributed by atoms with Crippen molar-refractivity contribution in [3.8, 4) is 0 Å². The van der Waals surface area contributed by atoms with Crippen LogP contribution in [0.15, 0.2) is 0 Å². The minimum Gasteiger partial charge on any atom is -0.327 e. The quantitative estimate of drug-likeness (QED) is 0.507. The van der Waals surface area contributed by atoms with Crippen molar-refractivity contribution in [2.45, 2.75) is 38.4 Å². The lowest BCUT2D eigenvalue weighted by Crippen LogP contribution is -2.58. The molecule has 0 aromatic rings. The minimum atomic E-state index is 0.325. The van der Waals surface area contributed by atoms with Gasteiger partial charge in [0.25, 0.3) is 0 Å². The van der Waals surface area contributed by atoms with Crippen LogP contribution in [0.5, 0.6) is 0 Å². The lowest BCUT2D eigenvalue weighted by atomic mass is 9.94. The Morgan fingerprint density at radius 3 is 2.38 bits per heavy atom. The van der Waals surface area contributed by atoms with E-state index in [0.29, 0.717) is 18.1 Å². The molecule has 3 unspecified atom stereocenters. The van der Waals surface area contributed by atoms with Crippen molar-refractivity contribution < 1.29 is 0 Å². The molecule has 3 atom stereocenters. The van der Waals surface area contributed by atoms with E-state index >= 15 is 0 Å². The van der Waals surface area contributed by atoms with Crippen molar-refractivity contribution in [2.24, 2.45) is 5.73 Å². The molecule has 1 rings (SSSR count). The number of hydrogen-bond acceptors (Lipinski definition) is 2. The first-order valence-corrected chi connectivity index (χ1v) is 3.22. The molecule has 3 N–H and O–H groups in total. The Hall–Kier alpha value is -0.0800. The number of hydrogen-bond donors (Lipinski definition) is 2. The van der Waals surface area contributed by atoms with Gasteiger partial charge in [0.2, 0.25) is 0 Å². The molecule has 48 valence electrons. The van der Waals surface area contributed by atoms with Crippen LogP contribution in [0.4, 0.5) is 0 Å². The fourth-order valence-electron chi connectivity index (χ4n) is 1.09. The van der Waals surface area contributed by atoms with Gasteiger partial charge in [-0.3, -0.25) is 0 Å². The largest absolute Gasteiger partial charge is 0.327 e. The lowest BCUT2D eigenvalue weighted by molar-refractivity contribution is 0.252. The third-order valence-electron chi connectivity index (χ3n) is 1.74. The van der Waals surface area contributed by atoms with Crippen LogP contribution in [0.3, 0.4) is 0 Å². The average Bonchev–Trinajstić information content (AvgIpc) is 1.57. The zero-order valence-electron chi connectivity index (χ0n) is 5.52. The second-order valence-electron chi connectivity index (χ2n) is 2.77. The van der Waals surface area contributed by atoms with Gasteiger partial charge in [0.05, 0.1) is 0 Å².